The largest absolute Gasteiger partial charge is 0.481 e. The van der Waals surface area contributed by atoms with Crippen LogP contribution < -0.4 is 4.31 Å². The number of likely N-dealkylation sites (N-methyl/N-ethyl adjacent to an activating group) is 1. The minimum atomic E-state index is -1.33. The normalized spacial score (nSPS) is 16.1. The van der Waals surface area contributed by atoms with E-state index in [9.17, 15) is 18.9 Å². The number of aryl methyl sites for hydroxylation is 1. The second-order valence-corrected chi connectivity index (χ2v) is 15.7. The highest BCUT2D eigenvalue weighted by Crippen LogP contribution is 2.49. The maximum atomic E-state index is 12.8. The molecular weight excluding hydrogens is 645 g/mol. The third-order valence-corrected chi connectivity index (χ3v) is 10.0. The van der Waals surface area contributed by atoms with E-state index in [0.29, 0.717) is 12.1 Å². The number of anilines is 1. The predicted octanol–water partition coefficient (Wildman–Crippen LogP) is 8.27. The number of aliphatic carboxylic acids is 1. The highest BCUT2D eigenvalue weighted by Gasteiger charge is 2.32. The number of hydrogen-bond acceptors (Lipinski definition) is 5. The molecule has 2 atom stereocenters. The van der Waals surface area contributed by atoms with Gasteiger partial charge in [-0.25, -0.2) is 4.21 Å². The van der Waals surface area contributed by atoms with Gasteiger partial charge in [-0.1, -0.05) is 72.3 Å². The van der Waals surface area contributed by atoms with E-state index in [0.717, 1.165) is 68.0 Å². The van der Waals surface area contributed by atoms with Crippen molar-refractivity contribution < 1.29 is 24.0 Å². The number of benzene rings is 4. The lowest BCUT2D eigenvalue weighted by atomic mass is 9.80. The SMILES string of the molecule is CC(C)(C)O.CN1CCC[C@H](c2ccccc2)C1.Cc1ccc(-c2c(C)c3c(c(C)c2CC(=O)O)N(S(C)=O)Cc2cc(C=O)ccc2-3)cc1. The zero-order chi connectivity index (χ0) is 36.7. The van der Waals surface area contributed by atoms with Crippen LogP contribution in [0.5, 0.6) is 0 Å². The number of carbonyl (C=O) groups is 2. The summed E-state index contributed by atoms with van der Waals surface area (Å²) in [7, 11) is 0.892. The van der Waals surface area contributed by atoms with Gasteiger partial charge >= 0.3 is 5.97 Å². The van der Waals surface area contributed by atoms with E-state index >= 15 is 0 Å². The van der Waals surface area contributed by atoms with Gasteiger partial charge in [-0.15, -0.1) is 0 Å². The molecule has 1 unspecified atom stereocenters. The van der Waals surface area contributed by atoms with Crippen molar-refractivity contribution >= 4 is 28.9 Å². The van der Waals surface area contributed by atoms with Crippen LogP contribution >= 0.6 is 0 Å². The van der Waals surface area contributed by atoms with Gasteiger partial charge < -0.3 is 15.1 Å². The lowest BCUT2D eigenvalue weighted by Gasteiger charge is -2.35. The van der Waals surface area contributed by atoms with E-state index in [1.54, 1.807) is 37.4 Å². The summed E-state index contributed by atoms with van der Waals surface area (Å²) in [4.78, 5) is 25.6. The molecule has 7 nitrogen and oxygen atoms in total. The molecule has 2 aliphatic rings. The Hall–Kier alpha value is -4.11. The average molecular weight is 697 g/mol. The van der Waals surface area contributed by atoms with Crippen LogP contribution in [0.25, 0.3) is 22.3 Å². The van der Waals surface area contributed by atoms with E-state index in [1.807, 2.05) is 57.2 Å². The molecule has 2 N–H and O–H groups in total. The third-order valence-electron chi connectivity index (χ3n) is 9.07. The minimum Gasteiger partial charge on any atom is -0.481 e. The molecule has 0 radical (unpaired) electrons. The number of fused-ring (bicyclic) bond motifs is 3. The van der Waals surface area contributed by atoms with Gasteiger partial charge in [-0.3, -0.25) is 13.9 Å². The third kappa shape index (κ3) is 9.77. The van der Waals surface area contributed by atoms with Gasteiger partial charge in [0, 0.05) is 23.9 Å². The van der Waals surface area contributed by atoms with Gasteiger partial charge in [0.1, 0.15) is 17.3 Å². The van der Waals surface area contributed by atoms with Crippen LogP contribution in [-0.4, -0.2) is 63.6 Å². The van der Waals surface area contributed by atoms with E-state index in [2.05, 4.69) is 42.3 Å². The molecule has 1 saturated heterocycles. The van der Waals surface area contributed by atoms with E-state index in [1.165, 1.54) is 31.5 Å². The molecule has 0 aliphatic carbocycles. The Morgan fingerprint density at radius 1 is 0.960 bits per heavy atom. The Kier molecular flexibility index (Phi) is 12.9. The van der Waals surface area contributed by atoms with E-state index in [4.69, 9.17) is 5.11 Å². The number of nitrogens with zero attached hydrogens (tertiary/aromatic N) is 2. The molecule has 50 heavy (non-hydrogen) atoms. The van der Waals surface area contributed by atoms with Crippen LogP contribution in [0.2, 0.25) is 0 Å². The number of rotatable bonds is 6. The molecular formula is C42H52N2O5S. The van der Waals surface area contributed by atoms with Crippen molar-refractivity contribution in [1.29, 1.82) is 0 Å². The standard InChI is InChI=1S/C26H25NO4S.C12H17N.C4H10O/c1-15-5-8-19(9-6-15)24-17(3)25-21-10-7-18(14-28)11-20(21)13-27(32(4)31)26(25)16(2)22(24)12-23(29)30;1-13-9-5-8-12(10-13)11-6-3-2-4-7-11;1-4(2,3)5/h5-11,14H,12-13H2,1-4H3,(H,29,30);2-4,6-7,12H,5,8-10H2,1H3;5H,1-3H3/t;12-;/m.0./s1. The fourth-order valence-corrected chi connectivity index (χ4v) is 7.66. The molecule has 4 aromatic rings. The molecule has 8 heteroatoms. The lowest BCUT2D eigenvalue weighted by Crippen LogP contribution is -2.30. The minimum absolute atomic E-state index is 0.121. The Balaban J connectivity index is 0.000000256. The van der Waals surface area contributed by atoms with Crippen molar-refractivity contribution in [1.82, 2.24) is 4.90 Å². The molecule has 2 aliphatic heterocycles. The Bertz CT molecular complexity index is 1820. The smallest absolute Gasteiger partial charge is 0.307 e. The summed E-state index contributed by atoms with van der Waals surface area (Å²) in [5.74, 6) is -0.142. The van der Waals surface area contributed by atoms with Crippen molar-refractivity contribution in [2.45, 2.75) is 78.9 Å². The second kappa shape index (κ2) is 16.7. The van der Waals surface area contributed by atoms with Crippen LogP contribution in [0.15, 0.2) is 72.8 Å². The first-order valence-corrected chi connectivity index (χ1v) is 18.7. The molecule has 266 valence electrons. The van der Waals surface area contributed by atoms with Crippen molar-refractivity contribution in [3.05, 3.63) is 112 Å². The van der Waals surface area contributed by atoms with Gasteiger partial charge in [-0.2, -0.15) is 0 Å². The summed E-state index contributed by atoms with van der Waals surface area (Å²) in [6.07, 6.45) is 5.02. The van der Waals surface area contributed by atoms with Crippen LogP contribution in [0.3, 0.4) is 0 Å². The molecule has 0 saturated carbocycles. The molecule has 1 fully saturated rings. The van der Waals surface area contributed by atoms with Crippen LogP contribution in [0.4, 0.5) is 5.69 Å². The molecule has 0 amide bonds. The van der Waals surface area contributed by atoms with Gasteiger partial charge in [0.05, 0.1) is 24.3 Å². The van der Waals surface area contributed by atoms with Gasteiger partial charge in [0.25, 0.3) is 0 Å². The second-order valence-electron chi connectivity index (χ2n) is 14.4. The maximum absolute atomic E-state index is 12.8. The number of piperidine rings is 1. The Morgan fingerprint density at radius 3 is 2.16 bits per heavy atom. The maximum Gasteiger partial charge on any atom is 0.307 e. The van der Waals surface area contributed by atoms with Crippen LogP contribution in [0, 0.1) is 20.8 Å². The summed E-state index contributed by atoms with van der Waals surface area (Å²) in [5.41, 5.74) is 10.7. The first kappa shape index (κ1) is 38.7. The monoisotopic (exact) mass is 696 g/mol. The van der Waals surface area contributed by atoms with Crippen molar-refractivity contribution in [3.63, 3.8) is 0 Å². The molecule has 0 spiro atoms. The van der Waals surface area contributed by atoms with Gasteiger partial charge in [0.2, 0.25) is 0 Å². The fraction of sp³-hybridized carbons (Fsp3) is 0.381. The zero-order valence-electron chi connectivity index (χ0n) is 30.7. The number of carbonyl (C=O) groups excluding carboxylic acids is 1. The number of carboxylic acids is 1. The summed E-state index contributed by atoms with van der Waals surface area (Å²) in [6.45, 7) is 14.0. The number of aldehydes is 1. The molecule has 6 rings (SSSR count). The first-order valence-electron chi connectivity index (χ1n) is 17.2. The highest BCUT2D eigenvalue weighted by atomic mass is 32.2. The van der Waals surface area contributed by atoms with Gasteiger partial charge in [0.15, 0.2) is 0 Å². The summed E-state index contributed by atoms with van der Waals surface area (Å²) < 4.78 is 14.6. The summed E-state index contributed by atoms with van der Waals surface area (Å²) >= 11 is 0. The van der Waals surface area contributed by atoms with Crippen molar-refractivity contribution in [2.24, 2.45) is 0 Å². The van der Waals surface area contributed by atoms with Crippen molar-refractivity contribution in [2.75, 3.05) is 30.7 Å². The molecule has 4 aromatic carbocycles. The summed E-state index contributed by atoms with van der Waals surface area (Å²) in [6, 6.07) is 24.5. The van der Waals surface area contributed by atoms with E-state index in [-0.39, 0.29) is 6.42 Å². The Morgan fingerprint density at radius 2 is 1.60 bits per heavy atom. The first-order chi connectivity index (χ1) is 23.6. The highest BCUT2D eigenvalue weighted by molar-refractivity contribution is 7.85. The number of aliphatic hydroxyl groups is 1. The zero-order valence-corrected chi connectivity index (χ0v) is 31.6. The Labute approximate surface area is 300 Å². The summed E-state index contributed by atoms with van der Waals surface area (Å²) in [5, 5.41) is 18.2. The van der Waals surface area contributed by atoms with Crippen LogP contribution in [-0.2, 0) is 28.7 Å². The number of hydrogen-bond donors (Lipinski definition) is 2. The quantitative estimate of drug-likeness (QED) is 0.197. The van der Waals surface area contributed by atoms with Gasteiger partial charge in [-0.05, 0) is 124 Å². The molecule has 0 aromatic heterocycles. The predicted molar refractivity (Wildman–Crippen MR) is 206 cm³/mol. The molecule has 2 heterocycles. The topological polar surface area (TPSA) is 98.1 Å². The van der Waals surface area contributed by atoms with Crippen LogP contribution in [0.1, 0.15) is 83.3 Å². The van der Waals surface area contributed by atoms with E-state index < -0.39 is 22.6 Å². The molecule has 0 bridgehead atoms. The number of likely N-dealkylation sites (tertiary alicyclic amines) is 1. The number of carboxylic acid groups (broad SMARTS) is 1. The van der Waals surface area contributed by atoms with Crippen molar-refractivity contribution in [3.8, 4) is 22.3 Å². The average Bonchev–Trinajstić information content (AvgIpc) is 3.06. The lowest BCUT2D eigenvalue weighted by molar-refractivity contribution is -0.136. The fourth-order valence-electron chi connectivity index (χ4n) is 6.85.